The molecule has 1 aliphatic heterocycles. The second-order valence-corrected chi connectivity index (χ2v) is 8.47. The minimum atomic E-state index is -4.62. The molecule has 2 rings (SSSR count). The average Bonchev–Trinajstić information content (AvgIpc) is 2.54. The van der Waals surface area contributed by atoms with Gasteiger partial charge in [0.15, 0.2) is 0 Å². The van der Waals surface area contributed by atoms with Gasteiger partial charge >= 0.3 is 6.18 Å². The Morgan fingerprint density at radius 1 is 1.27 bits per heavy atom. The minimum Gasteiger partial charge on any atom is -0.324 e. The van der Waals surface area contributed by atoms with Crippen LogP contribution in [0.5, 0.6) is 0 Å². The van der Waals surface area contributed by atoms with Gasteiger partial charge in [-0.2, -0.15) is 30.2 Å². The van der Waals surface area contributed by atoms with Gasteiger partial charge in [-0.05, 0) is 30.9 Å². The molecule has 10 heteroatoms. The van der Waals surface area contributed by atoms with E-state index in [2.05, 4.69) is 5.32 Å². The molecule has 0 bridgehead atoms. The summed E-state index contributed by atoms with van der Waals surface area (Å²) in [6, 6.07) is 4.55. The molecule has 1 aromatic carbocycles. The van der Waals surface area contributed by atoms with Crippen LogP contribution in [0.2, 0.25) is 0 Å². The number of anilines is 1. The van der Waals surface area contributed by atoms with Crippen molar-refractivity contribution in [1.29, 1.82) is 0 Å². The minimum absolute atomic E-state index is 0.367. The van der Waals surface area contributed by atoms with Gasteiger partial charge in [-0.25, -0.2) is 0 Å². The summed E-state index contributed by atoms with van der Waals surface area (Å²) >= 11 is 0. The number of likely N-dealkylation sites (N-methyl/N-ethyl adjacent to an activating group) is 1. The van der Waals surface area contributed by atoms with Gasteiger partial charge in [0.1, 0.15) is 0 Å². The average molecular weight is 393 g/mol. The SMILES string of the molecule is CC1CCN(S(=O)(=O)N(C)CC(=O)Nc2ccccc2C(F)(F)F)CC1. The van der Waals surface area contributed by atoms with Crippen molar-refractivity contribution in [3.8, 4) is 0 Å². The second-order valence-electron chi connectivity index (χ2n) is 6.44. The normalized spacial score (nSPS) is 17.5. The third-order valence-electron chi connectivity index (χ3n) is 4.34. The first-order chi connectivity index (χ1) is 12.0. The summed E-state index contributed by atoms with van der Waals surface area (Å²) in [6.45, 7) is 2.21. The lowest BCUT2D eigenvalue weighted by atomic mass is 10.0. The van der Waals surface area contributed by atoms with Crippen LogP contribution >= 0.6 is 0 Å². The third kappa shape index (κ3) is 4.95. The maximum Gasteiger partial charge on any atom is 0.418 e. The van der Waals surface area contributed by atoms with Gasteiger partial charge in [0.25, 0.3) is 10.2 Å². The van der Waals surface area contributed by atoms with Crippen molar-refractivity contribution in [2.45, 2.75) is 25.9 Å². The van der Waals surface area contributed by atoms with Crippen LogP contribution in [0.25, 0.3) is 0 Å². The Labute approximate surface area is 151 Å². The number of rotatable bonds is 5. The highest BCUT2D eigenvalue weighted by molar-refractivity contribution is 7.86. The van der Waals surface area contributed by atoms with Crippen molar-refractivity contribution < 1.29 is 26.4 Å². The number of carbonyl (C=O) groups excluding carboxylic acids is 1. The summed E-state index contributed by atoms with van der Waals surface area (Å²) < 4.78 is 66.0. The summed E-state index contributed by atoms with van der Waals surface area (Å²) in [5.41, 5.74) is -1.38. The van der Waals surface area contributed by atoms with E-state index in [0.29, 0.717) is 19.0 Å². The lowest BCUT2D eigenvalue weighted by molar-refractivity contribution is -0.137. The van der Waals surface area contributed by atoms with Gasteiger partial charge in [0.05, 0.1) is 17.8 Å². The van der Waals surface area contributed by atoms with E-state index >= 15 is 0 Å². The van der Waals surface area contributed by atoms with Crippen molar-refractivity contribution in [3.63, 3.8) is 0 Å². The predicted molar refractivity (Wildman–Crippen MR) is 91.6 cm³/mol. The van der Waals surface area contributed by atoms with Crippen LogP contribution in [-0.4, -0.2) is 49.6 Å². The number of halogens is 3. The van der Waals surface area contributed by atoms with Gasteiger partial charge in [0, 0.05) is 20.1 Å². The largest absolute Gasteiger partial charge is 0.418 e. The first-order valence-corrected chi connectivity index (χ1v) is 9.59. The van der Waals surface area contributed by atoms with E-state index in [9.17, 15) is 26.4 Å². The number of para-hydroxylation sites is 1. The highest BCUT2D eigenvalue weighted by Gasteiger charge is 2.34. The van der Waals surface area contributed by atoms with Crippen molar-refractivity contribution in [3.05, 3.63) is 29.8 Å². The molecule has 146 valence electrons. The number of carbonyl (C=O) groups is 1. The highest BCUT2D eigenvalue weighted by atomic mass is 32.2. The predicted octanol–water partition coefficient (Wildman–Crippen LogP) is 2.55. The molecule has 1 aromatic rings. The van der Waals surface area contributed by atoms with Crippen LogP contribution in [0.4, 0.5) is 18.9 Å². The van der Waals surface area contributed by atoms with Crippen molar-refractivity contribution in [2.75, 3.05) is 32.0 Å². The monoisotopic (exact) mass is 393 g/mol. The van der Waals surface area contributed by atoms with Gasteiger partial charge in [-0.3, -0.25) is 4.79 Å². The topological polar surface area (TPSA) is 69.7 Å². The molecule has 1 saturated heterocycles. The molecule has 1 N–H and O–H groups in total. The molecule has 0 aliphatic carbocycles. The molecule has 1 fully saturated rings. The van der Waals surface area contributed by atoms with Gasteiger partial charge in [-0.15, -0.1) is 0 Å². The standard InChI is InChI=1S/C16H22F3N3O3S/c1-12-7-9-22(10-8-12)26(24,25)21(2)11-15(23)20-14-6-4-3-5-13(14)16(17,18)19/h3-6,12H,7-11H2,1-2H3,(H,20,23). The zero-order valence-corrected chi connectivity index (χ0v) is 15.4. The van der Waals surface area contributed by atoms with Gasteiger partial charge in [0.2, 0.25) is 5.91 Å². The first-order valence-electron chi connectivity index (χ1n) is 8.19. The molecule has 1 amide bonds. The van der Waals surface area contributed by atoms with E-state index in [0.717, 1.165) is 29.3 Å². The number of hydrogen-bond donors (Lipinski definition) is 1. The summed E-state index contributed by atoms with van der Waals surface area (Å²) in [7, 11) is -2.59. The van der Waals surface area contributed by atoms with Crippen molar-refractivity contribution in [2.24, 2.45) is 5.92 Å². The Balaban J connectivity index is 2.04. The molecule has 0 saturated carbocycles. The Morgan fingerprint density at radius 2 is 1.85 bits per heavy atom. The van der Waals surface area contributed by atoms with E-state index in [4.69, 9.17) is 0 Å². The molecular weight excluding hydrogens is 371 g/mol. The fourth-order valence-corrected chi connectivity index (χ4v) is 4.07. The van der Waals surface area contributed by atoms with E-state index in [-0.39, 0.29) is 0 Å². The lowest BCUT2D eigenvalue weighted by Gasteiger charge is -2.32. The van der Waals surface area contributed by atoms with Crippen LogP contribution in [0.15, 0.2) is 24.3 Å². The van der Waals surface area contributed by atoms with Crippen LogP contribution in [0.3, 0.4) is 0 Å². The highest BCUT2D eigenvalue weighted by Crippen LogP contribution is 2.34. The molecule has 0 unspecified atom stereocenters. The summed E-state index contributed by atoms with van der Waals surface area (Å²) in [5, 5.41) is 2.15. The fraction of sp³-hybridized carbons (Fsp3) is 0.562. The molecule has 0 atom stereocenters. The molecule has 1 aliphatic rings. The number of amides is 1. The third-order valence-corrected chi connectivity index (χ3v) is 6.27. The zero-order chi connectivity index (χ0) is 19.5. The lowest BCUT2D eigenvalue weighted by Crippen LogP contribution is -2.47. The van der Waals surface area contributed by atoms with Gasteiger partial charge < -0.3 is 5.32 Å². The molecule has 0 spiro atoms. The smallest absolute Gasteiger partial charge is 0.324 e. The molecule has 26 heavy (non-hydrogen) atoms. The quantitative estimate of drug-likeness (QED) is 0.836. The molecule has 6 nitrogen and oxygen atoms in total. The molecule has 0 aromatic heterocycles. The molecular formula is C16H22F3N3O3S. The number of nitrogens with zero attached hydrogens (tertiary/aromatic N) is 2. The second kappa shape index (κ2) is 7.93. The van der Waals surface area contributed by atoms with E-state index in [1.807, 2.05) is 6.92 Å². The fourth-order valence-electron chi connectivity index (χ4n) is 2.73. The Morgan fingerprint density at radius 3 is 2.42 bits per heavy atom. The van der Waals surface area contributed by atoms with E-state index < -0.39 is 40.1 Å². The Hall–Kier alpha value is -1.65. The zero-order valence-electron chi connectivity index (χ0n) is 14.6. The number of alkyl halides is 3. The van der Waals surface area contributed by atoms with E-state index in [1.54, 1.807) is 0 Å². The van der Waals surface area contributed by atoms with Crippen LogP contribution in [0.1, 0.15) is 25.3 Å². The molecule has 1 heterocycles. The van der Waals surface area contributed by atoms with Gasteiger partial charge in [-0.1, -0.05) is 19.1 Å². The van der Waals surface area contributed by atoms with Crippen LogP contribution < -0.4 is 5.32 Å². The van der Waals surface area contributed by atoms with Crippen LogP contribution in [0, 0.1) is 5.92 Å². The van der Waals surface area contributed by atoms with E-state index in [1.165, 1.54) is 23.5 Å². The molecule has 0 radical (unpaired) electrons. The number of nitrogens with one attached hydrogen (secondary N) is 1. The summed E-state index contributed by atoms with van der Waals surface area (Å²) in [6.07, 6.45) is -3.15. The number of piperidine rings is 1. The summed E-state index contributed by atoms with van der Waals surface area (Å²) in [5.74, 6) is -0.396. The van der Waals surface area contributed by atoms with Crippen molar-refractivity contribution in [1.82, 2.24) is 8.61 Å². The van der Waals surface area contributed by atoms with Crippen molar-refractivity contribution >= 4 is 21.8 Å². The maximum absolute atomic E-state index is 13.0. The number of benzene rings is 1. The van der Waals surface area contributed by atoms with Crippen LogP contribution in [-0.2, 0) is 21.2 Å². The summed E-state index contributed by atoms with van der Waals surface area (Å²) in [4.78, 5) is 12.1. The first kappa shape index (κ1) is 20.7. The number of hydrogen-bond acceptors (Lipinski definition) is 3. The Kier molecular flexibility index (Phi) is 6.30. The maximum atomic E-state index is 13.0. The Bertz CT molecular complexity index is 745.